The molecule has 0 saturated carbocycles. The van der Waals surface area contributed by atoms with Crippen molar-refractivity contribution in [3.8, 4) is 5.75 Å². The minimum atomic E-state index is 0.608. The summed E-state index contributed by atoms with van der Waals surface area (Å²) in [4.78, 5) is 0. The summed E-state index contributed by atoms with van der Waals surface area (Å²) < 4.78 is 4.92. The first-order chi connectivity index (χ1) is 8.92. The highest BCUT2D eigenvalue weighted by atomic mass is 16.5. The average molecular weight is 260 g/mol. The van der Waals surface area contributed by atoms with E-state index in [-0.39, 0.29) is 0 Å². The van der Waals surface area contributed by atoms with Gasteiger partial charge in [0, 0.05) is 23.1 Å². The summed E-state index contributed by atoms with van der Waals surface area (Å²) in [7, 11) is 1.56. The molecule has 0 spiro atoms. The third kappa shape index (κ3) is 4.67. The van der Waals surface area contributed by atoms with Gasteiger partial charge in [-0.15, -0.1) is 0 Å². The van der Waals surface area contributed by atoms with Crippen molar-refractivity contribution in [2.75, 3.05) is 30.0 Å². The van der Waals surface area contributed by atoms with Gasteiger partial charge in [-0.1, -0.05) is 0 Å². The van der Waals surface area contributed by atoms with Gasteiger partial charge in [-0.25, -0.2) is 0 Å². The van der Waals surface area contributed by atoms with E-state index in [4.69, 9.17) is 27.7 Å². The molecule has 0 atom stereocenters. The van der Waals surface area contributed by atoms with Crippen LogP contribution in [0.2, 0.25) is 0 Å². The summed E-state index contributed by atoms with van der Waals surface area (Å²) in [6, 6.07) is 10.7. The number of ether oxygens (including phenoxy) is 1. The minimum Gasteiger partial charge on any atom is -0.495 e. The van der Waals surface area contributed by atoms with Crippen LogP contribution in [0.1, 0.15) is 5.56 Å². The van der Waals surface area contributed by atoms with Gasteiger partial charge in [0.2, 0.25) is 0 Å². The molecule has 0 aliphatic rings. The van der Waals surface area contributed by atoms with Gasteiger partial charge in [0.05, 0.1) is 12.8 Å². The fraction of sp³-hybridized carbons (Fsp3) is 0.143. The van der Waals surface area contributed by atoms with E-state index < -0.39 is 0 Å². The molecule has 2 rings (SSSR count). The van der Waals surface area contributed by atoms with Crippen molar-refractivity contribution < 1.29 is 4.74 Å². The van der Waals surface area contributed by atoms with Gasteiger partial charge >= 0.3 is 0 Å². The number of rotatable bonds is 1. The highest BCUT2D eigenvalue weighted by molar-refractivity contribution is 5.59. The van der Waals surface area contributed by atoms with Gasteiger partial charge in [0.25, 0.3) is 0 Å². The van der Waals surface area contributed by atoms with Crippen LogP contribution in [0.25, 0.3) is 0 Å². The Labute approximate surface area is 113 Å². The van der Waals surface area contributed by atoms with E-state index in [1.807, 2.05) is 19.1 Å². The van der Waals surface area contributed by atoms with Crippen molar-refractivity contribution in [3.05, 3.63) is 42.0 Å². The summed E-state index contributed by atoms with van der Waals surface area (Å²) in [5.74, 6) is 0.625. The lowest BCUT2D eigenvalue weighted by Crippen LogP contribution is -1.93. The first kappa shape index (κ1) is 14.5. The lowest BCUT2D eigenvalue weighted by atomic mass is 10.2. The van der Waals surface area contributed by atoms with E-state index in [0.717, 1.165) is 16.9 Å². The molecule has 0 radical (unpaired) electrons. The summed E-state index contributed by atoms with van der Waals surface area (Å²) in [6.45, 7) is 1.96. The van der Waals surface area contributed by atoms with E-state index in [0.29, 0.717) is 17.1 Å². The van der Waals surface area contributed by atoms with Gasteiger partial charge < -0.3 is 27.7 Å². The van der Waals surface area contributed by atoms with Gasteiger partial charge in [-0.05, 0) is 42.8 Å². The van der Waals surface area contributed by atoms with Crippen LogP contribution >= 0.6 is 0 Å². The summed E-state index contributed by atoms with van der Waals surface area (Å²) >= 11 is 0. The molecular weight excluding hydrogens is 240 g/mol. The molecule has 0 aromatic heterocycles. The Morgan fingerprint density at radius 3 is 1.79 bits per heavy atom. The van der Waals surface area contributed by atoms with E-state index in [1.54, 1.807) is 31.4 Å². The van der Waals surface area contributed by atoms with Crippen LogP contribution in [0.3, 0.4) is 0 Å². The van der Waals surface area contributed by atoms with Crippen molar-refractivity contribution >= 4 is 22.7 Å². The molecule has 5 heteroatoms. The highest BCUT2D eigenvalue weighted by Crippen LogP contribution is 2.22. The van der Waals surface area contributed by atoms with Crippen LogP contribution in [-0.4, -0.2) is 7.11 Å². The molecular formula is C14H20N4O. The predicted molar refractivity (Wildman–Crippen MR) is 81.8 cm³/mol. The third-order valence-electron chi connectivity index (χ3n) is 2.38. The molecule has 0 aliphatic heterocycles. The molecule has 0 fully saturated rings. The lowest BCUT2D eigenvalue weighted by molar-refractivity contribution is 0.417. The number of hydrogen-bond donors (Lipinski definition) is 4. The predicted octanol–water partition coefficient (Wildman–Crippen LogP) is 2.02. The summed E-state index contributed by atoms with van der Waals surface area (Å²) in [5.41, 5.74) is 25.8. The quantitative estimate of drug-likeness (QED) is 0.586. The number of aryl methyl sites for hydroxylation is 1. The Morgan fingerprint density at radius 2 is 1.37 bits per heavy atom. The maximum absolute atomic E-state index is 5.52. The molecule has 0 amide bonds. The molecule has 0 unspecified atom stereocenters. The van der Waals surface area contributed by atoms with Crippen LogP contribution in [-0.2, 0) is 0 Å². The molecule has 5 nitrogen and oxygen atoms in total. The molecule has 19 heavy (non-hydrogen) atoms. The first-order valence-corrected chi connectivity index (χ1v) is 5.74. The van der Waals surface area contributed by atoms with Gasteiger partial charge in [-0.2, -0.15) is 0 Å². The van der Waals surface area contributed by atoms with Crippen LogP contribution in [0.5, 0.6) is 5.75 Å². The second-order valence-corrected chi connectivity index (χ2v) is 4.18. The van der Waals surface area contributed by atoms with Crippen molar-refractivity contribution in [2.45, 2.75) is 6.92 Å². The number of benzene rings is 2. The molecule has 8 N–H and O–H groups in total. The topological polar surface area (TPSA) is 113 Å². The summed E-state index contributed by atoms with van der Waals surface area (Å²) in [5, 5.41) is 0. The maximum Gasteiger partial charge on any atom is 0.143 e. The van der Waals surface area contributed by atoms with Crippen molar-refractivity contribution in [1.82, 2.24) is 0 Å². The number of methoxy groups -OCH3 is 1. The Bertz CT molecular complexity index is 505. The zero-order valence-electron chi connectivity index (χ0n) is 11.2. The fourth-order valence-corrected chi connectivity index (χ4v) is 1.57. The number of nitrogen functional groups attached to an aromatic ring is 4. The number of anilines is 4. The number of hydrogen-bond acceptors (Lipinski definition) is 5. The fourth-order valence-electron chi connectivity index (χ4n) is 1.57. The van der Waals surface area contributed by atoms with Crippen LogP contribution in [0.4, 0.5) is 22.7 Å². The Morgan fingerprint density at radius 1 is 0.789 bits per heavy atom. The van der Waals surface area contributed by atoms with Crippen LogP contribution in [0, 0.1) is 6.92 Å². The molecule has 2 aromatic carbocycles. The van der Waals surface area contributed by atoms with E-state index >= 15 is 0 Å². The zero-order valence-corrected chi connectivity index (χ0v) is 11.2. The second-order valence-electron chi connectivity index (χ2n) is 4.18. The molecule has 0 aliphatic carbocycles. The van der Waals surface area contributed by atoms with E-state index in [9.17, 15) is 0 Å². The molecule has 0 heterocycles. The lowest BCUT2D eigenvalue weighted by Gasteiger charge is -2.03. The van der Waals surface area contributed by atoms with Crippen molar-refractivity contribution in [2.24, 2.45) is 0 Å². The molecule has 102 valence electrons. The van der Waals surface area contributed by atoms with Crippen molar-refractivity contribution in [3.63, 3.8) is 0 Å². The zero-order chi connectivity index (χ0) is 14.4. The van der Waals surface area contributed by atoms with E-state index in [2.05, 4.69) is 0 Å². The molecule has 0 saturated heterocycles. The second kappa shape index (κ2) is 6.39. The third-order valence-corrected chi connectivity index (χ3v) is 2.38. The first-order valence-electron chi connectivity index (χ1n) is 5.74. The molecule has 2 aromatic rings. The smallest absolute Gasteiger partial charge is 0.143 e. The van der Waals surface area contributed by atoms with Crippen LogP contribution < -0.4 is 27.7 Å². The summed E-state index contributed by atoms with van der Waals surface area (Å²) in [6.07, 6.45) is 0. The standard InChI is InChI=1S/C7H10N2O.C7H10N2/c1-10-7-4-5(8)2-3-6(7)9;1-5-2-6(8)4-7(9)3-5/h2-4H,8-9H2,1H3;2-4H,8-9H2,1H3. The van der Waals surface area contributed by atoms with Crippen LogP contribution in [0.15, 0.2) is 36.4 Å². The largest absolute Gasteiger partial charge is 0.495 e. The Hall–Kier alpha value is -2.56. The Kier molecular flexibility index (Phi) is 4.88. The maximum atomic E-state index is 5.52. The van der Waals surface area contributed by atoms with Gasteiger partial charge in [0.15, 0.2) is 0 Å². The van der Waals surface area contributed by atoms with E-state index in [1.165, 1.54) is 0 Å². The molecule has 0 bridgehead atoms. The monoisotopic (exact) mass is 260 g/mol. The Balaban J connectivity index is 0.000000191. The minimum absolute atomic E-state index is 0.608. The normalized spacial score (nSPS) is 9.37. The number of nitrogens with two attached hydrogens (primary N) is 4. The van der Waals surface area contributed by atoms with Crippen molar-refractivity contribution in [1.29, 1.82) is 0 Å². The van der Waals surface area contributed by atoms with Gasteiger partial charge in [-0.3, -0.25) is 0 Å². The average Bonchev–Trinajstić information content (AvgIpc) is 2.31. The SMILES string of the molecule is COc1cc(N)ccc1N.Cc1cc(N)cc(N)c1. The van der Waals surface area contributed by atoms with Gasteiger partial charge in [0.1, 0.15) is 5.75 Å². The highest BCUT2D eigenvalue weighted by Gasteiger charge is 1.96.